The summed E-state index contributed by atoms with van der Waals surface area (Å²) in [5.74, 6) is 0. The molecule has 2 fully saturated rings. The van der Waals surface area contributed by atoms with Crippen LogP contribution in [0.15, 0.2) is 0 Å². The second kappa shape index (κ2) is 3.58. The lowest BCUT2D eigenvalue weighted by molar-refractivity contribution is 0.250. The van der Waals surface area contributed by atoms with Gasteiger partial charge in [0, 0.05) is 19.1 Å². The van der Waals surface area contributed by atoms with Crippen molar-refractivity contribution in [3.8, 4) is 0 Å². The lowest BCUT2D eigenvalue weighted by Gasteiger charge is -2.22. The quantitative estimate of drug-likeness (QED) is 0.715. The van der Waals surface area contributed by atoms with E-state index in [-0.39, 0.29) is 0 Å². The highest BCUT2D eigenvalue weighted by Crippen LogP contribution is 2.50. The van der Waals surface area contributed by atoms with Crippen LogP contribution >= 0.6 is 0 Å². The minimum absolute atomic E-state index is 0.456. The Hall–Kier alpha value is -0.0800. The molecule has 2 nitrogen and oxygen atoms in total. The van der Waals surface area contributed by atoms with Crippen molar-refractivity contribution in [1.82, 2.24) is 4.90 Å². The van der Waals surface area contributed by atoms with E-state index in [1.807, 2.05) is 0 Å². The zero-order valence-corrected chi connectivity index (χ0v) is 8.76. The van der Waals surface area contributed by atoms with Crippen LogP contribution in [0.1, 0.15) is 39.0 Å². The fourth-order valence-corrected chi connectivity index (χ4v) is 2.67. The molecule has 2 N–H and O–H groups in total. The third kappa shape index (κ3) is 2.23. The van der Waals surface area contributed by atoms with E-state index in [2.05, 4.69) is 11.8 Å². The first-order valence-electron chi connectivity index (χ1n) is 5.72. The lowest BCUT2D eigenvalue weighted by atomic mass is 10.0. The highest BCUT2D eigenvalue weighted by atomic mass is 15.2. The summed E-state index contributed by atoms with van der Waals surface area (Å²) >= 11 is 0. The van der Waals surface area contributed by atoms with E-state index >= 15 is 0 Å². The molecule has 13 heavy (non-hydrogen) atoms. The topological polar surface area (TPSA) is 29.3 Å². The highest BCUT2D eigenvalue weighted by Gasteiger charge is 2.43. The molecular formula is C11H22N2. The predicted molar refractivity (Wildman–Crippen MR) is 55.6 cm³/mol. The smallest absolute Gasteiger partial charge is 0.0180 e. The van der Waals surface area contributed by atoms with Crippen LogP contribution in [-0.2, 0) is 0 Å². The third-order valence-electron chi connectivity index (χ3n) is 3.61. The van der Waals surface area contributed by atoms with Gasteiger partial charge in [0.2, 0.25) is 0 Å². The van der Waals surface area contributed by atoms with Crippen LogP contribution in [0.2, 0.25) is 0 Å². The second-order valence-corrected chi connectivity index (χ2v) is 5.03. The Bertz CT molecular complexity index is 175. The molecule has 0 amide bonds. The Morgan fingerprint density at radius 1 is 1.46 bits per heavy atom. The van der Waals surface area contributed by atoms with Gasteiger partial charge < -0.3 is 10.6 Å². The molecule has 0 bridgehead atoms. The second-order valence-electron chi connectivity index (χ2n) is 5.03. The Morgan fingerprint density at radius 2 is 2.23 bits per heavy atom. The molecule has 1 atom stereocenters. The van der Waals surface area contributed by atoms with Gasteiger partial charge in [-0.3, -0.25) is 0 Å². The molecule has 1 saturated heterocycles. The Morgan fingerprint density at radius 3 is 2.69 bits per heavy atom. The van der Waals surface area contributed by atoms with Gasteiger partial charge in [0.15, 0.2) is 0 Å². The normalized spacial score (nSPS) is 32.3. The molecule has 76 valence electrons. The van der Waals surface area contributed by atoms with E-state index in [0.29, 0.717) is 6.04 Å². The van der Waals surface area contributed by atoms with E-state index in [9.17, 15) is 0 Å². The van der Waals surface area contributed by atoms with Crippen LogP contribution < -0.4 is 5.73 Å². The van der Waals surface area contributed by atoms with Crippen molar-refractivity contribution in [2.45, 2.75) is 45.1 Å². The minimum atomic E-state index is 0.456. The first kappa shape index (κ1) is 9.47. The molecule has 0 aromatic heterocycles. The number of nitrogens with two attached hydrogens (primary N) is 1. The van der Waals surface area contributed by atoms with Crippen LogP contribution in [-0.4, -0.2) is 30.6 Å². The molecule has 0 aromatic carbocycles. The first-order chi connectivity index (χ1) is 6.24. The van der Waals surface area contributed by atoms with Gasteiger partial charge in [-0.1, -0.05) is 13.3 Å². The van der Waals surface area contributed by atoms with E-state index in [1.165, 1.54) is 45.2 Å². The van der Waals surface area contributed by atoms with Crippen molar-refractivity contribution >= 4 is 0 Å². The summed E-state index contributed by atoms with van der Waals surface area (Å²) in [5, 5.41) is 0. The van der Waals surface area contributed by atoms with Crippen LogP contribution in [0.5, 0.6) is 0 Å². The average molecular weight is 182 g/mol. The van der Waals surface area contributed by atoms with Crippen LogP contribution in [0.25, 0.3) is 0 Å². The summed E-state index contributed by atoms with van der Waals surface area (Å²) in [4.78, 5) is 2.58. The number of hydrogen-bond acceptors (Lipinski definition) is 2. The third-order valence-corrected chi connectivity index (χ3v) is 3.61. The number of rotatable bonds is 4. The molecule has 2 aliphatic rings. The van der Waals surface area contributed by atoms with Crippen LogP contribution in [0.4, 0.5) is 0 Å². The fraction of sp³-hybridized carbons (Fsp3) is 1.00. The van der Waals surface area contributed by atoms with Crippen molar-refractivity contribution < 1.29 is 0 Å². The zero-order chi connectivity index (χ0) is 9.31. The van der Waals surface area contributed by atoms with E-state index in [4.69, 9.17) is 5.73 Å². The summed E-state index contributed by atoms with van der Waals surface area (Å²) < 4.78 is 0. The lowest BCUT2D eigenvalue weighted by Crippen LogP contribution is -2.31. The monoisotopic (exact) mass is 182 g/mol. The summed E-state index contributed by atoms with van der Waals surface area (Å²) in [7, 11) is 0. The maximum Gasteiger partial charge on any atom is 0.0180 e. The number of hydrogen-bond donors (Lipinski definition) is 1. The Labute approximate surface area is 81.5 Å². The van der Waals surface area contributed by atoms with Crippen molar-refractivity contribution in [2.24, 2.45) is 11.1 Å². The fourth-order valence-electron chi connectivity index (χ4n) is 2.67. The van der Waals surface area contributed by atoms with Gasteiger partial charge in [-0.2, -0.15) is 0 Å². The van der Waals surface area contributed by atoms with E-state index < -0.39 is 0 Å². The van der Waals surface area contributed by atoms with Crippen LogP contribution in [0.3, 0.4) is 0 Å². The first-order valence-corrected chi connectivity index (χ1v) is 5.72. The molecule has 1 aliphatic carbocycles. The van der Waals surface area contributed by atoms with Crippen molar-refractivity contribution in [1.29, 1.82) is 0 Å². The molecule has 0 spiro atoms. The Balaban J connectivity index is 1.77. The van der Waals surface area contributed by atoms with Gasteiger partial charge in [-0.05, 0) is 37.6 Å². The molecule has 1 saturated carbocycles. The molecule has 1 unspecified atom stereocenters. The molecule has 1 heterocycles. The van der Waals surface area contributed by atoms with Gasteiger partial charge in [-0.25, -0.2) is 0 Å². The van der Waals surface area contributed by atoms with Crippen LogP contribution in [0, 0.1) is 5.41 Å². The van der Waals surface area contributed by atoms with Gasteiger partial charge in [-0.15, -0.1) is 0 Å². The van der Waals surface area contributed by atoms with Gasteiger partial charge in [0.05, 0.1) is 0 Å². The SMILES string of the molecule is CCCC1(CN2CCC(N)C2)CC1. The summed E-state index contributed by atoms with van der Waals surface area (Å²) in [6.07, 6.45) is 6.92. The summed E-state index contributed by atoms with van der Waals surface area (Å²) in [6.45, 7) is 6.02. The van der Waals surface area contributed by atoms with Gasteiger partial charge in [0.1, 0.15) is 0 Å². The molecule has 1 aliphatic heterocycles. The van der Waals surface area contributed by atoms with Crippen molar-refractivity contribution in [2.75, 3.05) is 19.6 Å². The standard InChI is InChI=1S/C11H22N2/c1-2-4-11(5-6-11)9-13-7-3-10(12)8-13/h10H,2-9,12H2,1H3. The molecule has 0 aromatic rings. The molecular weight excluding hydrogens is 160 g/mol. The summed E-state index contributed by atoms with van der Waals surface area (Å²) in [6, 6.07) is 0.456. The Kier molecular flexibility index (Phi) is 2.61. The zero-order valence-electron chi connectivity index (χ0n) is 8.76. The van der Waals surface area contributed by atoms with Crippen molar-refractivity contribution in [3.63, 3.8) is 0 Å². The maximum absolute atomic E-state index is 5.90. The average Bonchev–Trinajstić information content (AvgIpc) is 2.70. The highest BCUT2D eigenvalue weighted by molar-refractivity contribution is 4.96. The maximum atomic E-state index is 5.90. The molecule has 2 heteroatoms. The summed E-state index contributed by atoms with van der Waals surface area (Å²) in [5.41, 5.74) is 6.62. The van der Waals surface area contributed by atoms with Gasteiger partial charge in [0.25, 0.3) is 0 Å². The van der Waals surface area contributed by atoms with Crippen molar-refractivity contribution in [3.05, 3.63) is 0 Å². The van der Waals surface area contributed by atoms with E-state index in [0.717, 1.165) is 12.0 Å². The molecule has 0 radical (unpaired) electrons. The number of nitrogens with zero attached hydrogens (tertiary/aromatic N) is 1. The number of likely N-dealkylation sites (tertiary alicyclic amines) is 1. The van der Waals surface area contributed by atoms with Gasteiger partial charge >= 0.3 is 0 Å². The largest absolute Gasteiger partial charge is 0.326 e. The molecule has 2 rings (SSSR count). The minimum Gasteiger partial charge on any atom is -0.326 e. The predicted octanol–water partition coefficient (Wildman–Crippen LogP) is 1.60. The van der Waals surface area contributed by atoms with E-state index in [1.54, 1.807) is 0 Å².